The summed E-state index contributed by atoms with van der Waals surface area (Å²) in [6.07, 6.45) is 1.45. The van der Waals surface area contributed by atoms with Gasteiger partial charge in [-0.3, -0.25) is 4.79 Å². The van der Waals surface area contributed by atoms with E-state index in [1.807, 2.05) is 30.3 Å². The molecule has 0 aliphatic carbocycles. The number of nitrogens with one attached hydrogen (secondary N) is 1. The molecular weight excluding hydrogens is 475 g/mol. The topological polar surface area (TPSA) is 80.6 Å². The third-order valence-electron chi connectivity index (χ3n) is 4.84. The van der Waals surface area contributed by atoms with Crippen LogP contribution in [0.15, 0.2) is 66.2 Å². The van der Waals surface area contributed by atoms with Crippen molar-refractivity contribution in [1.29, 1.82) is 5.26 Å². The number of hydrogen-bond acceptors (Lipinski definition) is 5. The maximum atomic E-state index is 12.5. The Bertz CT molecular complexity index is 1220. The molecule has 1 N–H and O–H groups in total. The van der Waals surface area contributed by atoms with Crippen molar-refractivity contribution in [3.05, 3.63) is 93.0 Å². The predicted octanol–water partition coefficient (Wildman–Crippen LogP) is 5.81. The molecule has 0 radical (unpaired) electrons. The Morgan fingerprint density at radius 2 is 1.68 bits per heavy atom. The molecule has 0 saturated heterocycles. The summed E-state index contributed by atoms with van der Waals surface area (Å²) in [5.41, 5.74) is 2.24. The van der Waals surface area contributed by atoms with Gasteiger partial charge in [0.2, 0.25) is 0 Å². The molecule has 3 rings (SSSR count). The van der Waals surface area contributed by atoms with Gasteiger partial charge in [-0.1, -0.05) is 47.5 Å². The van der Waals surface area contributed by atoms with Gasteiger partial charge in [-0.2, -0.15) is 5.26 Å². The molecule has 0 saturated carbocycles. The fourth-order valence-electron chi connectivity index (χ4n) is 3.04. The first-order valence-electron chi connectivity index (χ1n) is 10.2. The van der Waals surface area contributed by atoms with Crippen LogP contribution in [0.5, 0.6) is 17.2 Å². The van der Waals surface area contributed by atoms with Gasteiger partial charge in [0.25, 0.3) is 5.91 Å². The number of benzene rings is 3. The Hall–Kier alpha value is -3.66. The van der Waals surface area contributed by atoms with Crippen LogP contribution in [-0.2, 0) is 17.9 Å². The first-order valence-corrected chi connectivity index (χ1v) is 11.0. The molecule has 1 amide bonds. The van der Waals surface area contributed by atoms with Gasteiger partial charge in [0.1, 0.15) is 24.0 Å². The summed E-state index contributed by atoms with van der Waals surface area (Å²) >= 11 is 12.3. The van der Waals surface area contributed by atoms with E-state index in [4.69, 9.17) is 37.4 Å². The fraction of sp³-hybridized carbons (Fsp3) is 0.154. The van der Waals surface area contributed by atoms with Gasteiger partial charge in [0, 0.05) is 11.6 Å². The summed E-state index contributed by atoms with van der Waals surface area (Å²) in [4.78, 5) is 12.5. The Labute approximate surface area is 208 Å². The van der Waals surface area contributed by atoms with E-state index in [0.717, 1.165) is 16.9 Å². The average molecular weight is 497 g/mol. The molecule has 6 nitrogen and oxygen atoms in total. The minimum absolute atomic E-state index is 0.0681. The molecule has 0 atom stereocenters. The van der Waals surface area contributed by atoms with Crippen molar-refractivity contribution in [3.63, 3.8) is 0 Å². The van der Waals surface area contributed by atoms with Crippen LogP contribution in [0.4, 0.5) is 0 Å². The van der Waals surface area contributed by atoms with Gasteiger partial charge < -0.3 is 19.5 Å². The number of ether oxygens (including phenoxy) is 3. The van der Waals surface area contributed by atoms with Crippen molar-refractivity contribution in [2.45, 2.75) is 13.2 Å². The van der Waals surface area contributed by atoms with E-state index in [1.165, 1.54) is 13.2 Å². The third-order valence-corrected chi connectivity index (χ3v) is 5.37. The molecule has 0 aliphatic heterocycles. The van der Waals surface area contributed by atoms with Crippen molar-refractivity contribution in [1.82, 2.24) is 5.32 Å². The summed E-state index contributed by atoms with van der Waals surface area (Å²) < 4.78 is 16.4. The highest BCUT2D eigenvalue weighted by Crippen LogP contribution is 2.37. The molecule has 174 valence electrons. The van der Waals surface area contributed by atoms with Gasteiger partial charge >= 0.3 is 0 Å². The molecule has 0 bridgehead atoms. The summed E-state index contributed by atoms with van der Waals surface area (Å²) in [5, 5.41) is 13.2. The maximum absolute atomic E-state index is 12.5. The normalized spacial score (nSPS) is 10.9. The summed E-state index contributed by atoms with van der Waals surface area (Å²) in [6, 6.07) is 19.7. The van der Waals surface area contributed by atoms with Gasteiger partial charge in [-0.05, 0) is 59.2 Å². The summed E-state index contributed by atoms with van der Waals surface area (Å²) in [6.45, 7) is 0.531. The van der Waals surface area contributed by atoms with Gasteiger partial charge in [0.15, 0.2) is 11.5 Å². The lowest BCUT2D eigenvalue weighted by atomic mass is 10.1. The van der Waals surface area contributed by atoms with Crippen LogP contribution >= 0.6 is 23.2 Å². The second-order valence-corrected chi connectivity index (χ2v) is 7.99. The van der Waals surface area contributed by atoms with Crippen LogP contribution in [0, 0.1) is 11.3 Å². The van der Waals surface area contributed by atoms with Crippen molar-refractivity contribution < 1.29 is 19.0 Å². The van der Waals surface area contributed by atoms with Crippen LogP contribution < -0.4 is 19.5 Å². The first-order chi connectivity index (χ1) is 16.4. The number of carbonyl (C=O) groups is 1. The molecule has 8 heteroatoms. The Morgan fingerprint density at radius 1 is 1.00 bits per heavy atom. The molecule has 0 unspecified atom stereocenters. The molecule has 0 aliphatic rings. The first kappa shape index (κ1) is 25.0. The van der Waals surface area contributed by atoms with E-state index >= 15 is 0 Å². The van der Waals surface area contributed by atoms with Gasteiger partial charge in [-0.25, -0.2) is 0 Å². The lowest BCUT2D eigenvalue weighted by molar-refractivity contribution is -0.117. The average Bonchev–Trinajstić information content (AvgIpc) is 2.86. The quantitative estimate of drug-likeness (QED) is 0.298. The van der Waals surface area contributed by atoms with E-state index in [0.29, 0.717) is 22.1 Å². The van der Waals surface area contributed by atoms with Crippen LogP contribution in [-0.4, -0.2) is 20.1 Å². The van der Waals surface area contributed by atoms with Gasteiger partial charge in [-0.15, -0.1) is 0 Å². The lowest BCUT2D eigenvalue weighted by Crippen LogP contribution is -2.23. The number of halogens is 2. The molecule has 0 aromatic heterocycles. The lowest BCUT2D eigenvalue weighted by Gasteiger charge is -2.14. The summed E-state index contributed by atoms with van der Waals surface area (Å²) in [5.74, 6) is 0.956. The number of nitriles is 1. The van der Waals surface area contributed by atoms with Crippen LogP contribution in [0.1, 0.15) is 16.7 Å². The van der Waals surface area contributed by atoms with Crippen LogP contribution in [0.2, 0.25) is 10.0 Å². The number of rotatable bonds is 9. The number of nitrogens with zero attached hydrogens (tertiary/aromatic N) is 1. The number of amides is 1. The van der Waals surface area contributed by atoms with Gasteiger partial charge in [0.05, 0.1) is 19.2 Å². The monoisotopic (exact) mass is 496 g/mol. The van der Waals surface area contributed by atoms with E-state index in [9.17, 15) is 10.1 Å². The minimum Gasteiger partial charge on any atom is -0.497 e. The minimum atomic E-state index is -0.503. The Balaban J connectivity index is 1.72. The standard InChI is InChI=1S/C26H22Cl2N2O4/c1-32-22-9-5-17(6-10-22)15-30-26(31)20(14-29)11-19-12-23(28)25(24(13-19)33-2)34-16-18-3-7-21(27)8-4-18/h3-13H,15-16H2,1-2H3,(H,30,31)/b20-11-. The largest absolute Gasteiger partial charge is 0.497 e. The van der Waals surface area contributed by atoms with E-state index in [-0.39, 0.29) is 23.7 Å². The SMILES string of the molecule is COc1ccc(CNC(=O)/C(C#N)=C\c2cc(Cl)c(OCc3ccc(Cl)cc3)c(OC)c2)cc1. The Morgan fingerprint density at radius 3 is 2.29 bits per heavy atom. The van der Waals surface area contributed by atoms with E-state index in [1.54, 1.807) is 43.5 Å². The highest BCUT2D eigenvalue weighted by Gasteiger charge is 2.14. The zero-order valence-electron chi connectivity index (χ0n) is 18.6. The zero-order chi connectivity index (χ0) is 24.5. The molecule has 0 spiro atoms. The van der Waals surface area contributed by atoms with Crippen LogP contribution in [0.3, 0.4) is 0 Å². The highest BCUT2D eigenvalue weighted by atomic mass is 35.5. The number of hydrogen-bond donors (Lipinski definition) is 1. The van der Waals surface area contributed by atoms with Crippen molar-refractivity contribution in [2.75, 3.05) is 14.2 Å². The fourth-order valence-corrected chi connectivity index (χ4v) is 3.44. The smallest absolute Gasteiger partial charge is 0.262 e. The highest BCUT2D eigenvalue weighted by molar-refractivity contribution is 6.32. The zero-order valence-corrected chi connectivity index (χ0v) is 20.1. The van der Waals surface area contributed by atoms with E-state index < -0.39 is 5.91 Å². The molecule has 0 fully saturated rings. The molecule has 0 heterocycles. The number of methoxy groups -OCH3 is 2. The maximum Gasteiger partial charge on any atom is 0.262 e. The van der Waals surface area contributed by atoms with Crippen LogP contribution in [0.25, 0.3) is 6.08 Å². The molecule has 34 heavy (non-hydrogen) atoms. The Kier molecular flexibility index (Phi) is 8.80. The number of carbonyl (C=O) groups excluding carboxylic acids is 1. The second kappa shape index (κ2) is 12.0. The molecule has 3 aromatic carbocycles. The van der Waals surface area contributed by atoms with Crippen molar-refractivity contribution in [3.8, 4) is 23.3 Å². The predicted molar refractivity (Wildman–Crippen MR) is 132 cm³/mol. The molecule has 3 aromatic rings. The third kappa shape index (κ3) is 6.67. The van der Waals surface area contributed by atoms with Crippen molar-refractivity contribution >= 4 is 35.2 Å². The summed E-state index contributed by atoms with van der Waals surface area (Å²) in [7, 11) is 3.07. The van der Waals surface area contributed by atoms with Crippen molar-refractivity contribution in [2.24, 2.45) is 0 Å². The van der Waals surface area contributed by atoms with E-state index in [2.05, 4.69) is 5.32 Å². The second-order valence-electron chi connectivity index (χ2n) is 7.15. The molecular formula is C26H22Cl2N2O4.